The van der Waals surface area contributed by atoms with Crippen LogP contribution in [0.2, 0.25) is 0 Å². The van der Waals surface area contributed by atoms with Crippen LogP contribution in [0.25, 0.3) is 0 Å². The third kappa shape index (κ3) is 3.32. The Balaban J connectivity index is 2.65. The molecule has 4 heteroatoms. The molecule has 3 nitrogen and oxygen atoms in total. The van der Waals surface area contributed by atoms with E-state index in [1.807, 2.05) is 12.1 Å². The molecule has 2 N–H and O–H groups in total. The smallest absolute Gasteiger partial charge is 0.117 e. The summed E-state index contributed by atoms with van der Waals surface area (Å²) in [6.45, 7) is 5.87. The van der Waals surface area contributed by atoms with Crippen LogP contribution < -0.4 is 5.73 Å². The number of nitrogens with zero attached hydrogens (tertiary/aromatic N) is 1. The molecule has 0 fully saturated rings. The van der Waals surface area contributed by atoms with Crippen molar-refractivity contribution in [2.24, 2.45) is 5.73 Å². The highest BCUT2D eigenvalue weighted by Crippen LogP contribution is 2.11. The summed E-state index contributed by atoms with van der Waals surface area (Å²) in [7, 11) is 0. The van der Waals surface area contributed by atoms with Crippen molar-refractivity contribution in [3.63, 3.8) is 0 Å². The topological polar surface area (TPSA) is 42.4 Å². The Kier molecular flexibility index (Phi) is 4.78. The van der Waals surface area contributed by atoms with Gasteiger partial charge >= 0.3 is 0 Å². The number of hydrogen-bond acceptors (Lipinski definition) is 3. The predicted octanol–water partition coefficient (Wildman–Crippen LogP) is 2.17. The van der Waals surface area contributed by atoms with E-state index in [-0.39, 0.29) is 6.04 Å². The van der Waals surface area contributed by atoms with Gasteiger partial charge in [0.25, 0.3) is 0 Å². The summed E-state index contributed by atoms with van der Waals surface area (Å²) in [4.78, 5) is 2.78. The van der Waals surface area contributed by atoms with Crippen molar-refractivity contribution in [3.8, 4) is 0 Å². The summed E-state index contributed by atoms with van der Waals surface area (Å²) in [6, 6.07) is 4.02. The summed E-state index contributed by atoms with van der Waals surface area (Å²) < 4.78 is 5.31. The molecule has 1 unspecified atom stereocenters. The van der Waals surface area contributed by atoms with Crippen LogP contribution >= 0.6 is 12.2 Å². The quantitative estimate of drug-likeness (QED) is 0.755. The maximum Gasteiger partial charge on any atom is 0.117 e. The molecule has 1 aromatic rings. The first-order chi connectivity index (χ1) is 7.19. The maximum absolute atomic E-state index is 5.71. The van der Waals surface area contributed by atoms with E-state index in [9.17, 15) is 0 Å². The van der Waals surface area contributed by atoms with Gasteiger partial charge in [-0.2, -0.15) is 0 Å². The normalized spacial score (nSPS) is 13.0. The minimum absolute atomic E-state index is 0.162. The largest absolute Gasteiger partial charge is 0.468 e. The zero-order valence-corrected chi connectivity index (χ0v) is 10.1. The van der Waals surface area contributed by atoms with Gasteiger partial charge in [-0.1, -0.05) is 26.1 Å². The van der Waals surface area contributed by atoms with E-state index in [1.54, 1.807) is 6.26 Å². The van der Waals surface area contributed by atoms with Gasteiger partial charge in [0.05, 0.1) is 23.8 Å². The van der Waals surface area contributed by atoms with E-state index >= 15 is 0 Å². The van der Waals surface area contributed by atoms with Crippen LogP contribution in [0, 0.1) is 0 Å². The number of furan rings is 1. The molecule has 0 aliphatic rings. The molecular formula is C11H18N2OS. The lowest BCUT2D eigenvalue weighted by atomic mass is 10.2. The van der Waals surface area contributed by atoms with Crippen molar-refractivity contribution in [1.29, 1.82) is 0 Å². The molecule has 0 radical (unpaired) electrons. The van der Waals surface area contributed by atoms with Gasteiger partial charge < -0.3 is 10.2 Å². The number of nitrogens with two attached hydrogens (primary N) is 1. The van der Waals surface area contributed by atoms with Gasteiger partial charge in [-0.15, -0.1) is 0 Å². The Morgan fingerprint density at radius 1 is 1.60 bits per heavy atom. The standard InChI is InChI=1S/C11H18N2OS/c1-3-10(11(12)15)13(4-2)8-9-6-5-7-14-9/h5-7,10H,3-4,8H2,1-2H3,(H2,12,15). The Morgan fingerprint density at radius 2 is 2.33 bits per heavy atom. The average molecular weight is 226 g/mol. The summed E-state index contributed by atoms with van der Waals surface area (Å²) >= 11 is 5.06. The zero-order chi connectivity index (χ0) is 11.3. The van der Waals surface area contributed by atoms with Crippen LogP contribution in [0.4, 0.5) is 0 Å². The van der Waals surface area contributed by atoms with E-state index in [1.165, 1.54) is 0 Å². The lowest BCUT2D eigenvalue weighted by Crippen LogP contribution is -2.42. The molecule has 0 bridgehead atoms. The number of thiocarbonyl (C=S) groups is 1. The molecule has 0 amide bonds. The summed E-state index contributed by atoms with van der Waals surface area (Å²) in [6.07, 6.45) is 2.62. The monoisotopic (exact) mass is 226 g/mol. The highest BCUT2D eigenvalue weighted by Gasteiger charge is 2.18. The summed E-state index contributed by atoms with van der Waals surface area (Å²) in [5.74, 6) is 0.951. The van der Waals surface area contributed by atoms with Gasteiger partial charge in [0.15, 0.2) is 0 Å². The van der Waals surface area contributed by atoms with Gasteiger partial charge in [-0.3, -0.25) is 4.90 Å². The Hall–Kier alpha value is -0.870. The Bertz CT molecular complexity index is 298. The second-order valence-electron chi connectivity index (χ2n) is 3.47. The summed E-state index contributed by atoms with van der Waals surface area (Å²) in [5.41, 5.74) is 5.71. The van der Waals surface area contributed by atoms with Crippen molar-refractivity contribution in [2.75, 3.05) is 6.54 Å². The van der Waals surface area contributed by atoms with E-state index < -0.39 is 0 Å². The fraction of sp³-hybridized carbons (Fsp3) is 0.545. The van der Waals surface area contributed by atoms with Gasteiger partial charge in [0.1, 0.15) is 5.76 Å². The Labute approximate surface area is 96.2 Å². The first kappa shape index (κ1) is 12.2. The van der Waals surface area contributed by atoms with Gasteiger partial charge in [0, 0.05) is 0 Å². The van der Waals surface area contributed by atoms with Crippen molar-refractivity contribution >= 4 is 17.2 Å². The van der Waals surface area contributed by atoms with E-state index in [2.05, 4.69) is 18.7 Å². The third-order valence-corrected chi connectivity index (χ3v) is 2.77. The molecular weight excluding hydrogens is 208 g/mol. The molecule has 0 aliphatic carbocycles. The highest BCUT2D eigenvalue weighted by atomic mass is 32.1. The second kappa shape index (κ2) is 5.88. The number of rotatable bonds is 6. The first-order valence-electron chi connectivity index (χ1n) is 5.24. The number of hydrogen-bond donors (Lipinski definition) is 1. The maximum atomic E-state index is 5.71. The fourth-order valence-electron chi connectivity index (χ4n) is 1.68. The van der Waals surface area contributed by atoms with Crippen LogP contribution in [0.5, 0.6) is 0 Å². The van der Waals surface area contributed by atoms with E-state index in [0.29, 0.717) is 4.99 Å². The molecule has 0 aromatic carbocycles. The van der Waals surface area contributed by atoms with Crippen LogP contribution in [-0.4, -0.2) is 22.5 Å². The first-order valence-corrected chi connectivity index (χ1v) is 5.65. The molecule has 84 valence electrons. The van der Waals surface area contributed by atoms with E-state index in [0.717, 1.165) is 25.3 Å². The van der Waals surface area contributed by atoms with Crippen LogP contribution in [0.15, 0.2) is 22.8 Å². The van der Waals surface area contributed by atoms with Gasteiger partial charge in [-0.25, -0.2) is 0 Å². The van der Waals surface area contributed by atoms with Crippen LogP contribution in [0.1, 0.15) is 26.0 Å². The molecule has 0 aliphatic heterocycles. The molecule has 15 heavy (non-hydrogen) atoms. The van der Waals surface area contributed by atoms with E-state index in [4.69, 9.17) is 22.4 Å². The van der Waals surface area contributed by atoms with Crippen molar-refractivity contribution in [1.82, 2.24) is 4.90 Å². The predicted molar refractivity (Wildman–Crippen MR) is 65.7 cm³/mol. The van der Waals surface area contributed by atoms with Crippen molar-refractivity contribution in [2.45, 2.75) is 32.9 Å². The molecule has 1 heterocycles. The minimum atomic E-state index is 0.162. The van der Waals surface area contributed by atoms with Gasteiger partial charge in [0.2, 0.25) is 0 Å². The third-order valence-electron chi connectivity index (χ3n) is 2.50. The lowest BCUT2D eigenvalue weighted by Gasteiger charge is -2.28. The average Bonchev–Trinajstić information content (AvgIpc) is 2.69. The Morgan fingerprint density at radius 3 is 2.73 bits per heavy atom. The molecule has 1 atom stereocenters. The van der Waals surface area contributed by atoms with Gasteiger partial charge in [-0.05, 0) is 25.1 Å². The second-order valence-corrected chi connectivity index (χ2v) is 3.94. The number of likely N-dealkylation sites (N-methyl/N-ethyl adjacent to an activating group) is 1. The van der Waals surface area contributed by atoms with Crippen LogP contribution in [-0.2, 0) is 6.54 Å². The minimum Gasteiger partial charge on any atom is -0.468 e. The summed E-state index contributed by atoms with van der Waals surface area (Å²) in [5, 5.41) is 0. The van der Waals surface area contributed by atoms with Crippen LogP contribution in [0.3, 0.4) is 0 Å². The van der Waals surface area contributed by atoms with Crippen molar-refractivity contribution in [3.05, 3.63) is 24.2 Å². The molecule has 0 saturated carbocycles. The lowest BCUT2D eigenvalue weighted by molar-refractivity contribution is 0.222. The fourth-order valence-corrected chi connectivity index (χ4v) is 2.00. The SMILES string of the molecule is CCC(C(N)=S)N(CC)Cc1ccco1. The highest BCUT2D eigenvalue weighted by molar-refractivity contribution is 7.80. The molecule has 0 saturated heterocycles. The molecule has 1 aromatic heterocycles. The molecule has 0 spiro atoms. The zero-order valence-electron chi connectivity index (χ0n) is 9.27. The molecule has 1 rings (SSSR count). The van der Waals surface area contributed by atoms with Crippen molar-refractivity contribution < 1.29 is 4.42 Å².